The summed E-state index contributed by atoms with van der Waals surface area (Å²) in [5.41, 5.74) is 5.24. The highest BCUT2D eigenvalue weighted by atomic mass is 32.2. The lowest BCUT2D eigenvalue weighted by Crippen LogP contribution is -2.32. The topological polar surface area (TPSA) is 75.7 Å². The first-order chi connectivity index (χ1) is 14.5. The van der Waals surface area contributed by atoms with E-state index in [1.165, 1.54) is 21.7 Å². The molecular weight excluding hydrogens is 412 g/mol. The fourth-order valence-corrected chi connectivity index (χ4v) is 4.55. The lowest BCUT2D eigenvalue weighted by atomic mass is 9.96. The van der Waals surface area contributed by atoms with Crippen LogP contribution < -0.4 is 14.4 Å². The van der Waals surface area contributed by atoms with Crippen LogP contribution in [0.5, 0.6) is 5.75 Å². The van der Waals surface area contributed by atoms with Gasteiger partial charge in [0.2, 0.25) is 15.9 Å². The summed E-state index contributed by atoms with van der Waals surface area (Å²) in [5, 5.41) is 3.03. The van der Waals surface area contributed by atoms with Crippen molar-refractivity contribution in [2.75, 3.05) is 23.7 Å². The van der Waals surface area contributed by atoms with Crippen LogP contribution in [0.1, 0.15) is 55.0 Å². The van der Waals surface area contributed by atoms with Crippen molar-refractivity contribution >= 4 is 21.6 Å². The SMILES string of the molecule is CCOc1ccc(N(CCCC(=O)NC(C)c2cc(C)c(C)cc2C)S(C)(=O)=O)cc1. The van der Waals surface area contributed by atoms with E-state index in [-0.39, 0.29) is 24.9 Å². The fourth-order valence-electron chi connectivity index (χ4n) is 3.59. The van der Waals surface area contributed by atoms with Gasteiger partial charge >= 0.3 is 0 Å². The Hall–Kier alpha value is -2.54. The average molecular weight is 447 g/mol. The maximum atomic E-state index is 12.5. The van der Waals surface area contributed by atoms with E-state index in [9.17, 15) is 13.2 Å². The number of ether oxygens (including phenoxy) is 1. The first-order valence-electron chi connectivity index (χ1n) is 10.6. The molecule has 6 nitrogen and oxygen atoms in total. The minimum atomic E-state index is -3.46. The molecule has 0 fully saturated rings. The van der Waals surface area contributed by atoms with Crippen LogP contribution in [0.15, 0.2) is 36.4 Å². The molecule has 0 aliphatic carbocycles. The summed E-state index contributed by atoms with van der Waals surface area (Å²) in [4.78, 5) is 12.5. The van der Waals surface area contributed by atoms with Crippen LogP contribution in [-0.2, 0) is 14.8 Å². The zero-order valence-corrected chi connectivity index (χ0v) is 20.2. The molecule has 1 atom stereocenters. The van der Waals surface area contributed by atoms with Gasteiger partial charge in [-0.25, -0.2) is 8.42 Å². The van der Waals surface area contributed by atoms with Crippen molar-refractivity contribution in [1.82, 2.24) is 5.32 Å². The van der Waals surface area contributed by atoms with Crippen molar-refractivity contribution in [1.29, 1.82) is 0 Å². The summed E-state index contributed by atoms with van der Waals surface area (Å²) in [5.74, 6) is 0.597. The molecule has 0 saturated carbocycles. The number of carbonyl (C=O) groups excluding carboxylic acids is 1. The number of sulfonamides is 1. The minimum absolute atomic E-state index is 0.0923. The van der Waals surface area contributed by atoms with Crippen LogP contribution in [0.2, 0.25) is 0 Å². The predicted octanol–water partition coefficient (Wildman–Crippen LogP) is 4.43. The Labute approximate surface area is 186 Å². The molecule has 2 aromatic carbocycles. The molecule has 0 bridgehead atoms. The number of nitrogens with one attached hydrogen (secondary N) is 1. The van der Waals surface area contributed by atoms with E-state index in [1.54, 1.807) is 24.3 Å². The number of hydrogen-bond donors (Lipinski definition) is 1. The summed E-state index contributed by atoms with van der Waals surface area (Å²) >= 11 is 0. The van der Waals surface area contributed by atoms with E-state index in [0.717, 1.165) is 11.1 Å². The molecule has 0 aliphatic heterocycles. The van der Waals surface area contributed by atoms with Crippen molar-refractivity contribution in [2.45, 2.75) is 53.5 Å². The molecule has 1 N–H and O–H groups in total. The van der Waals surface area contributed by atoms with Crippen molar-refractivity contribution in [3.05, 3.63) is 58.7 Å². The van der Waals surface area contributed by atoms with Gasteiger partial charge in [0.05, 0.1) is 24.6 Å². The van der Waals surface area contributed by atoms with Crippen LogP contribution in [0.4, 0.5) is 5.69 Å². The van der Waals surface area contributed by atoms with E-state index in [2.05, 4.69) is 31.3 Å². The van der Waals surface area contributed by atoms with Gasteiger partial charge in [-0.2, -0.15) is 0 Å². The fraction of sp³-hybridized carbons (Fsp3) is 0.458. The average Bonchev–Trinajstić information content (AvgIpc) is 2.68. The zero-order valence-electron chi connectivity index (χ0n) is 19.4. The van der Waals surface area contributed by atoms with Gasteiger partial charge in [0.1, 0.15) is 5.75 Å². The Balaban J connectivity index is 1.97. The number of hydrogen-bond acceptors (Lipinski definition) is 4. The molecule has 0 radical (unpaired) electrons. The third-order valence-corrected chi connectivity index (χ3v) is 6.52. The van der Waals surface area contributed by atoms with Gasteiger partial charge in [-0.05, 0) is 87.6 Å². The Bertz CT molecular complexity index is 1000. The van der Waals surface area contributed by atoms with Gasteiger partial charge in [0.15, 0.2) is 0 Å². The molecule has 0 saturated heterocycles. The highest BCUT2D eigenvalue weighted by Crippen LogP contribution is 2.23. The summed E-state index contributed by atoms with van der Waals surface area (Å²) in [6.07, 6.45) is 1.84. The van der Waals surface area contributed by atoms with Crippen LogP contribution in [0.3, 0.4) is 0 Å². The summed E-state index contributed by atoms with van der Waals surface area (Å²) < 4.78 is 31.3. The minimum Gasteiger partial charge on any atom is -0.494 e. The Morgan fingerprint density at radius 3 is 2.26 bits per heavy atom. The van der Waals surface area contributed by atoms with Gasteiger partial charge in [-0.15, -0.1) is 0 Å². The van der Waals surface area contributed by atoms with E-state index >= 15 is 0 Å². The maximum Gasteiger partial charge on any atom is 0.232 e. The monoisotopic (exact) mass is 446 g/mol. The van der Waals surface area contributed by atoms with E-state index < -0.39 is 10.0 Å². The van der Waals surface area contributed by atoms with Gasteiger partial charge in [-0.1, -0.05) is 12.1 Å². The molecule has 0 aromatic heterocycles. The largest absolute Gasteiger partial charge is 0.494 e. The first kappa shape index (κ1) is 24.7. The second kappa shape index (κ2) is 10.7. The van der Waals surface area contributed by atoms with Crippen molar-refractivity contribution in [2.24, 2.45) is 0 Å². The number of amides is 1. The number of nitrogens with zero attached hydrogens (tertiary/aromatic N) is 1. The molecule has 0 aliphatic rings. The third-order valence-electron chi connectivity index (χ3n) is 5.33. The van der Waals surface area contributed by atoms with Crippen molar-refractivity contribution in [3.8, 4) is 5.75 Å². The number of rotatable bonds is 10. The smallest absolute Gasteiger partial charge is 0.232 e. The van der Waals surface area contributed by atoms with E-state index in [0.29, 0.717) is 24.5 Å². The van der Waals surface area contributed by atoms with Gasteiger partial charge in [0.25, 0.3) is 0 Å². The highest BCUT2D eigenvalue weighted by molar-refractivity contribution is 7.92. The number of anilines is 1. The molecule has 0 spiro atoms. The molecule has 2 aromatic rings. The van der Waals surface area contributed by atoms with Crippen molar-refractivity contribution < 1.29 is 17.9 Å². The normalized spacial score (nSPS) is 12.3. The summed E-state index contributed by atoms with van der Waals surface area (Å²) in [7, 11) is -3.46. The van der Waals surface area contributed by atoms with E-state index in [4.69, 9.17) is 4.74 Å². The predicted molar refractivity (Wildman–Crippen MR) is 126 cm³/mol. The Morgan fingerprint density at radius 2 is 1.68 bits per heavy atom. The van der Waals surface area contributed by atoms with Gasteiger partial charge < -0.3 is 10.1 Å². The van der Waals surface area contributed by atoms with E-state index in [1.807, 2.05) is 20.8 Å². The first-order valence-corrected chi connectivity index (χ1v) is 12.5. The van der Waals surface area contributed by atoms with Crippen molar-refractivity contribution in [3.63, 3.8) is 0 Å². The van der Waals surface area contributed by atoms with Crippen LogP contribution >= 0.6 is 0 Å². The quantitative estimate of drug-likeness (QED) is 0.586. The van der Waals surface area contributed by atoms with Gasteiger partial charge in [-0.3, -0.25) is 9.10 Å². The molecular formula is C24H34N2O4S. The Morgan fingerprint density at radius 1 is 1.06 bits per heavy atom. The highest BCUT2D eigenvalue weighted by Gasteiger charge is 2.18. The Kier molecular flexibility index (Phi) is 8.51. The third kappa shape index (κ3) is 6.99. The molecule has 0 heterocycles. The molecule has 170 valence electrons. The molecule has 1 amide bonds. The van der Waals surface area contributed by atoms with Crippen LogP contribution in [0.25, 0.3) is 0 Å². The number of aryl methyl sites for hydroxylation is 3. The summed E-state index contributed by atoms with van der Waals surface area (Å²) in [6, 6.07) is 11.1. The van der Waals surface area contributed by atoms with Gasteiger partial charge in [0, 0.05) is 13.0 Å². The molecule has 7 heteroatoms. The molecule has 31 heavy (non-hydrogen) atoms. The van der Waals surface area contributed by atoms with Crippen LogP contribution in [0, 0.1) is 20.8 Å². The number of carbonyl (C=O) groups is 1. The zero-order chi connectivity index (χ0) is 23.2. The summed E-state index contributed by atoms with van der Waals surface area (Å²) in [6.45, 7) is 10.8. The second-order valence-corrected chi connectivity index (χ2v) is 9.85. The second-order valence-electron chi connectivity index (χ2n) is 7.95. The number of benzene rings is 2. The molecule has 1 unspecified atom stereocenters. The standard InChI is InChI=1S/C24H34N2O4S/c1-7-30-22-12-10-21(11-13-22)26(31(6,28)29)14-8-9-24(27)25-20(5)23-16-18(3)17(2)15-19(23)4/h10-13,15-16,20H,7-9,14H2,1-6H3,(H,25,27). The lowest BCUT2D eigenvalue weighted by molar-refractivity contribution is -0.121. The van der Waals surface area contributed by atoms with Crippen LogP contribution in [-0.4, -0.2) is 33.7 Å². The molecule has 2 rings (SSSR count). The maximum absolute atomic E-state index is 12.5. The lowest BCUT2D eigenvalue weighted by Gasteiger charge is -2.23.